The van der Waals surface area contributed by atoms with Gasteiger partial charge in [0.05, 0.1) is 11.4 Å². The third kappa shape index (κ3) is 2.94. The van der Waals surface area contributed by atoms with Gasteiger partial charge in [-0.1, -0.05) is 6.92 Å². The molecule has 0 aromatic carbocycles. The monoisotopic (exact) mass is 251 g/mol. The normalized spacial score (nSPS) is 14.7. The first-order valence-electron chi connectivity index (χ1n) is 6.02. The number of rotatable bonds is 5. The second-order valence-corrected chi connectivity index (χ2v) is 5.63. The van der Waals surface area contributed by atoms with Gasteiger partial charge in [-0.25, -0.2) is 0 Å². The molecule has 0 spiro atoms. The zero-order valence-corrected chi connectivity index (χ0v) is 11.0. The number of amides is 1. The molecule has 1 saturated carbocycles. The quantitative estimate of drug-likeness (QED) is 0.873. The molecule has 2 rings (SSSR count). The van der Waals surface area contributed by atoms with Gasteiger partial charge in [0.15, 0.2) is 5.78 Å². The van der Waals surface area contributed by atoms with Gasteiger partial charge in [-0.3, -0.25) is 9.59 Å². The van der Waals surface area contributed by atoms with E-state index in [9.17, 15) is 9.59 Å². The number of ketones is 1. The van der Waals surface area contributed by atoms with E-state index in [1.165, 1.54) is 16.2 Å². The van der Waals surface area contributed by atoms with Crippen molar-refractivity contribution in [2.24, 2.45) is 5.92 Å². The van der Waals surface area contributed by atoms with Crippen LogP contribution in [0.3, 0.4) is 0 Å². The second-order valence-electron chi connectivity index (χ2n) is 4.49. The molecule has 1 aliphatic carbocycles. The van der Waals surface area contributed by atoms with Gasteiger partial charge >= 0.3 is 0 Å². The van der Waals surface area contributed by atoms with Gasteiger partial charge in [-0.2, -0.15) is 0 Å². The predicted octanol–water partition coefficient (Wildman–Crippen LogP) is 2.33. The predicted molar refractivity (Wildman–Crippen MR) is 68.5 cm³/mol. The van der Waals surface area contributed by atoms with Crippen LogP contribution in [0.15, 0.2) is 6.07 Å². The lowest BCUT2D eigenvalue weighted by Crippen LogP contribution is -2.29. The molecule has 0 atom stereocenters. The van der Waals surface area contributed by atoms with E-state index in [4.69, 9.17) is 0 Å². The maximum absolute atomic E-state index is 11.8. The average Bonchev–Trinajstić information content (AvgIpc) is 3.09. The van der Waals surface area contributed by atoms with Crippen LogP contribution in [0, 0.1) is 12.8 Å². The molecule has 1 fully saturated rings. The fraction of sp³-hybridized carbons (Fsp3) is 0.538. The topological polar surface area (TPSA) is 46.2 Å². The molecule has 1 N–H and O–H groups in total. The molecule has 1 aliphatic rings. The minimum atomic E-state index is -0.119. The highest BCUT2D eigenvalue weighted by Gasteiger charge is 2.29. The van der Waals surface area contributed by atoms with Gasteiger partial charge in [-0.15, -0.1) is 11.3 Å². The SMILES string of the molecule is CCc1sc(C(=O)NCC(=O)C2CC2)cc1C. The van der Waals surface area contributed by atoms with Crippen LogP contribution in [0.2, 0.25) is 0 Å². The van der Waals surface area contributed by atoms with Gasteiger partial charge < -0.3 is 5.32 Å². The summed E-state index contributed by atoms with van der Waals surface area (Å²) in [6.07, 6.45) is 2.93. The number of thiophene rings is 1. The molecule has 1 aromatic heterocycles. The molecule has 0 aliphatic heterocycles. The van der Waals surface area contributed by atoms with Crippen LogP contribution in [0.5, 0.6) is 0 Å². The van der Waals surface area contributed by atoms with Crippen molar-refractivity contribution >= 4 is 23.0 Å². The van der Waals surface area contributed by atoms with Crippen LogP contribution in [0.4, 0.5) is 0 Å². The first kappa shape index (κ1) is 12.3. The van der Waals surface area contributed by atoms with Gasteiger partial charge in [0.1, 0.15) is 0 Å². The molecule has 1 heterocycles. The number of Topliss-reactive ketones (excluding diaryl/α,β-unsaturated/α-hetero) is 1. The first-order chi connectivity index (χ1) is 8.11. The molecular weight excluding hydrogens is 234 g/mol. The lowest BCUT2D eigenvalue weighted by Gasteiger charge is -2.01. The van der Waals surface area contributed by atoms with Crippen LogP contribution in [-0.2, 0) is 11.2 Å². The fourth-order valence-electron chi connectivity index (χ4n) is 1.79. The Labute approximate surface area is 105 Å². The summed E-state index contributed by atoms with van der Waals surface area (Å²) in [5.74, 6) is 0.265. The Hall–Kier alpha value is -1.16. The van der Waals surface area contributed by atoms with E-state index in [-0.39, 0.29) is 24.2 Å². The van der Waals surface area contributed by atoms with E-state index in [2.05, 4.69) is 12.2 Å². The smallest absolute Gasteiger partial charge is 0.261 e. The molecule has 3 nitrogen and oxygen atoms in total. The Morgan fingerprint density at radius 3 is 2.71 bits per heavy atom. The van der Waals surface area contributed by atoms with Crippen molar-refractivity contribution in [3.05, 3.63) is 21.4 Å². The molecular formula is C13H17NO2S. The van der Waals surface area contributed by atoms with Crippen molar-refractivity contribution in [3.8, 4) is 0 Å². The van der Waals surface area contributed by atoms with Gasteiger partial charge in [0, 0.05) is 10.8 Å². The Balaban J connectivity index is 1.91. The maximum atomic E-state index is 11.8. The summed E-state index contributed by atoms with van der Waals surface area (Å²) >= 11 is 1.52. The summed E-state index contributed by atoms with van der Waals surface area (Å²) in [4.78, 5) is 25.2. The first-order valence-corrected chi connectivity index (χ1v) is 6.83. The summed E-state index contributed by atoms with van der Waals surface area (Å²) < 4.78 is 0. The number of carbonyl (C=O) groups excluding carboxylic acids is 2. The molecule has 0 saturated heterocycles. The second kappa shape index (κ2) is 5.00. The molecule has 1 amide bonds. The van der Waals surface area contributed by atoms with E-state index in [1.807, 2.05) is 13.0 Å². The standard InChI is InChI=1S/C13H17NO2S/c1-3-11-8(2)6-12(17-11)13(16)14-7-10(15)9-4-5-9/h6,9H,3-5,7H2,1-2H3,(H,14,16). The Morgan fingerprint density at radius 2 is 2.18 bits per heavy atom. The lowest BCUT2D eigenvalue weighted by molar-refractivity contribution is -0.119. The zero-order valence-electron chi connectivity index (χ0n) is 10.2. The number of aryl methyl sites for hydroxylation is 2. The van der Waals surface area contributed by atoms with E-state index in [1.54, 1.807) is 0 Å². The number of nitrogens with one attached hydrogen (secondary N) is 1. The van der Waals surface area contributed by atoms with E-state index >= 15 is 0 Å². The highest BCUT2D eigenvalue weighted by Crippen LogP contribution is 2.29. The highest BCUT2D eigenvalue weighted by molar-refractivity contribution is 7.14. The third-order valence-electron chi connectivity index (χ3n) is 3.02. The van der Waals surface area contributed by atoms with Gasteiger partial charge in [-0.05, 0) is 37.8 Å². The summed E-state index contributed by atoms with van der Waals surface area (Å²) in [6.45, 7) is 4.28. The summed E-state index contributed by atoms with van der Waals surface area (Å²) in [5.41, 5.74) is 1.16. The highest BCUT2D eigenvalue weighted by atomic mass is 32.1. The largest absolute Gasteiger partial charge is 0.344 e. The van der Waals surface area contributed by atoms with Crippen LogP contribution in [-0.4, -0.2) is 18.2 Å². The number of carbonyl (C=O) groups is 2. The molecule has 1 aromatic rings. The van der Waals surface area contributed by atoms with Crippen LogP contribution in [0.1, 0.15) is 39.9 Å². The van der Waals surface area contributed by atoms with E-state index in [0.29, 0.717) is 4.88 Å². The third-order valence-corrected chi connectivity index (χ3v) is 4.40. The Bertz CT molecular complexity index is 446. The molecule has 0 bridgehead atoms. The molecule has 92 valence electrons. The van der Waals surface area contributed by atoms with Crippen molar-refractivity contribution in [1.82, 2.24) is 5.32 Å². The molecule has 0 radical (unpaired) electrons. The minimum absolute atomic E-state index is 0.119. The van der Waals surface area contributed by atoms with E-state index in [0.717, 1.165) is 24.8 Å². The Kier molecular flexibility index (Phi) is 3.62. The molecule has 4 heteroatoms. The van der Waals surface area contributed by atoms with E-state index < -0.39 is 0 Å². The van der Waals surface area contributed by atoms with Crippen molar-refractivity contribution in [3.63, 3.8) is 0 Å². The number of hydrogen-bond donors (Lipinski definition) is 1. The Morgan fingerprint density at radius 1 is 1.47 bits per heavy atom. The minimum Gasteiger partial charge on any atom is -0.344 e. The average molecular weight is 251 g/mol. The van der Waals surface area contributed by atoms with Crippen LogP contribution < -0.4 is 5.32 Å². The van der Waals surface area contributed by atoms with Crippen LogP contribution in [0.25, 0.3) is 0 Å². The van der Waals surface area contributed by atoms with Crippen LogP contribution >= 0.6 is 11.3 Å². The number of hydrogen-bond acceptors (Lipinski definition) is 3. The van der Waals surface area contributed by atoms with Crippen molar-refractivity contribution < 1.29 is 9.59 Å². The fourth-order valence-corrected chi connectivity index (χ4v) is 2.82. The molecule has 17 heavy (non-hydrogen) atoms. The zero-order chi connectivity index (χ0) is 12.4. The van der Waals surface area contributed by atoms with Crippen molar-refractivity contribution in [2.45, 2.75) is 33.1 Å². The van der Waals surface area contributed by atoms with Crippen molar-refractivity contribution in [2.75, 3.05) is 6.54 Å². The summed E-state index contributed by atoms with van der Waals surface area (Å²) in [5, 5.41) is 2.71. The summed E-state index contributed by atoms with van der Waals surface area (Å²) in [7, 11) is 0. The van der Waals surface area contributed by atoms with Crippen molar-refractivity contribution in [1.29, 1.82) is 0 Å². The lowest BCUT2D eigenvalue weighted by atomic mass is 10.2. The molecule has 0 unspecified atom stereocenters. The van der Waals surface area contributed by atoms with Gasteiger partial charge in [0.2, 0.25) is 0 Å². The maximum Gasteiger partial charge on any atom is 0.261 e. The summed E-state index contributed by atoms with van der Waals surface area (Å²) in [6, 6.07) is 1.90. The van der Waals surface area contributed by atoms with Gasteiger partial charge in [0.25, 0.3) is 5.91 Å².